The van der Waals surface area contributed by atoms with Gasteiger partial charge in [-0.25, -0.2) is 19.9 Å². The minimum atomic E-state index is -0.300. The zero-order valence-corrected chi connectivity index (χ0v) is 73.5. The van der Waals surface area contributed by atoms with Crippen molar-refractivity contribution < 1.29 is 57.1 Å². The summed E-state index contributed by atoms with van der Waals surface area (Å²) in [5.74, 6) is 2.65. The van der Waals surface area contributed by atoms with Gasteiger partial charge in [0.2, 0.25) is 11.5 Å². The molecule has 2 fully saturated rings. The number of pyridine rings is 2. The number of para-hydroxylation sites is 4. The lowest BCUT2D eigenvalue weighted by molar-refractivity contribution is 0.101. The van der Waals surface area contributed by atoms with Gasteiger partial charge < -0.3 is 83.5 Å². The van der Waals surface area contributed by atoms with Crippen LogP contribution < -0.4 is 74.7 Å². The van der Waals surface area contributed by atoms with Gasteiger partial charge in [-0.2, -0.15) is 0 Å². The Balaban J connectivity index is 0.000000131. The van der Waals surface area contributed by atoms with Crippen molar-refractivity contribution in [3.63, 3.8) is 0 Å². The van der Waals surface area contributed by atoms with Gasteiger partial charge in [0.1, 0.15) is 11.3 Å². The fraction of sp³-hybridized carbons (Fsp3) is 0.208. The van der Waals surface area contributed by atoms with E-state index in [0.717, 1.165) is 143 Å². The second-order valence-electron chi connectivity index (χ2n) is 29.6. The second-order valence-corrected chi connectivity index (χ2v) is 31.8. The highest BCUT2D eigenvalue weighted by Gasteiger charge is 2.25. The summed E-state index contributed by atoms with van der Waals surface area (Å²) in [6.07, 6.45) is 16.1. The van der Waals surface area contributed by atoms with Crippen LogP contribution in [0, 0.1) is 0 Å². The van der Waals surface area contributed by atoms with Gasteiger partial charge in [-0.05, 0) is 109 Å². The summed E-state index contributed by atoms with van der Waals surface area (Å²) in [5.41, 5.74) is 14.0. The molecule has 0 bridgehead atoms. The number of aromatic nitrogens is 8. The predicted octanol–water partition coefficient (Wildman–Crippen LogP) is 16.1. The third kappa shape index (κ3) is 20.6. The SMILES string of the molecule is CN(C)c1cccc(C(=O)Nc2ccccc2-c2cn3ccccc3n2)c1.COc1cc(C(=O)Nc2ccccc2-c2cn3cc(CN4CCNCC4)sc3n2)cc(OC)c1OC.COc1cc(C(=O)Nc2ccccc2-c2cn3ccccc3n2)cc(OC)c1OC.COc1ccc(C(=O)Nc2ccccc2-c2cn3cc(CN4CCNCC4)sc3n2)cc1OC. The number of piperazine rings is 2. The Morgan fingerprint density at radius 3 is 1.04 bits per heavy atom. The van der Waals surface area contributed by atoms with Crippen molar-refractivity contribution in [2.45, 2.75) is 13.1 Å². The van der Waals surface area contributed by atoms with E-state index in [-0.39, 0.29) is 23.6 Å². The molecule has 2 saturated heterocycles. The fourth-order valence-electron chi connectivity index (χ4n) is 14.8. The molecule has 10 heterocycles. The van der Waals surface area contributed by atoms with Gasteiger partial charge in [0.05, 0.1) is 102 Å². The van der Waals surface area contributed by atoms with E-state index in [1.165, 1.54) is 52.4 Å². The molecule has 8 aromatic carbocycles. The van der Waals surface area contributed by atoms with Gasteiger partial charge in [-0.3, -0.25) is 37.8 Å². The van der Waals surface area contributed by atoms with Crippen LogP contribution in [0.15, 0.2) is 250 Å². The summed E-state index contributed by atoms with van der Waals surface area (Å²) >= 11 is 3.40. The molecule has 0 radical (unpaired) electrons. The number of rotatable bonds is 25. The molecule has 18 rings (SSSR count). The third-order valence-corrected chi connectivity index (χ3v) is 23.2. The average Bonchev–Trinajstić information content (AvgIpc) is 1.51. The van der Waals surface area contributed by atoms with Crippen LogP contribution in [-0.2, 0) is 13.1 Å². The smallest absolute Gasteiger partial charge is 0.255 e. The number of carbonyl (C=O) groups is 4. The number of benzene rings is 8. The van der Waals surface area contributed by atoms with Crippen LogP contribution in [0.2, 0.25) is 0 Å². The Morgan fingerprint density at radius 1 is 0.346 bits per heavy atom. The summed E-state index contributed by atoms with van der Waals surface area (Å²) in [6, 6.07) is 61.5. The van der Waals surface area contributed by atoms with Crippen molar-refractivity contribution in [2.75, 3.05) is 149 Å². The molecular weight excluding hydrogens is 1650 g/mol. The molecule has 0 unspecified atom stereocenters. The number of hydrogen-bond donors (Lipinski definition) is 6. The number of nitrogens with one attached hydrogen (secondary N) is 6. The zero-order valence-electron chi connectivity index (χ0n) is 71.9. The number of hydrogen-bond acceptors (Lipinski definition) is 23. The van der Waals surface area contributed by atoms with Crippen LogP contribution in [0.3, 0.4) is 0 Å². The van der Waals surface area contributed by atoms with Gasteiger partial charge in [-0.1, -0.05) is 114 Å². The van der Waals surface area contributed by atoms with E-state index >= 15 is 0 Å². The van der Waals surface area contributed by atoms with Crippen LogP contribution in [0.25, 0.3) is 66.2 Å². The number of carbonyl (C=O) groups excluding carboxylic acids is 4. The van der Waals surface area contributed by atoms with Crippen molar-refractivity contribution in [3.05, 3.63) is 282 Å². The first-order valence-electron chi connectivity index (χ1n) is 40.9. The van der Waals surface area contributed by atoms with Crippen LogP contribution in [0.4, 0.5) is 28.4 Å². The van der Waals surface area contributed by atoms with Gasteiger partial charge in [-0.15, -0.1) is 0 Å². The highest BCUT2D eigenvalue weighted by molar-refractivity contribution is 7.17. The first-order chi connectivity index (χ1) is 62.0. The standard InChI is InChI=1S/C26H29N5O4S.C25H27N5O3S.C23H21N3O4.C22H20N4O/c1-33-22-12-17(13-23(34-2)24(22)35-3)25(32)28-20-7-5-4-6-19(20)21-16-31-15-18(36-26(31)29-21)14-30-10-8-27-9-11-30;1-32-22-8-7-17(13-23(22)33-2)24(31)27-20-6-4-3-5-19(20)21-16-30-15-18(34-25(30)28-21)14-29-11-9-26-10-12-29;1-28-19-12-15(13-20(29-2)22(19)30-3)23(27)25-17-9-5-4-8-16(17)18-14-26-11-7-6-10-21(26)24-18;1-25(2)17-9-7-8-16(14-17)22(27)24-19-11-4-3-10-18(19)20-15-26-13-6-5-12-21(26)23-20/h4-7,12-13,15-16,27H,8-11,14H2,1-3H3,(H,28,32);3-8,13,15-16,26H,9-12,14H2,1-2H3,(H,27,31);4-14H,1-3H3,(H,25,27);3-15H,1-2H3,(H,24,27). The maximum Gasteiger partial charge on any atom is 0.255 e. The Bertz CT molecular complexity index is 6400. The number of nitrogens with zero attached hydrogens (tertiary/aromatic N) is 11. The number of methoxy groups -OCH3 is 8. The van der Waals surface area contributed by atoms with Crippen molar-refractivity contribution in [2.24, 2.45) is 0 Å². The molecule has 127 heavy (non-hydrogen) atoms. The number of fused-ring (bicyclic) bond motifs is 4. The summed E-state index contributed by atoms with van der Waals surface area (Å²) in [5, 5.41) is 18.8. The van der Waals surface area contributed by atoms with E-state index in [1.807, 2.05) is 223 Å². The number of thiazole rings is 2. The maximum atomic E-state index is 13.2. The Morgan fingerprint density at radius 2 is 0.685 bits per heavy atom. The molecule has 16 aromatic rings. The van der Waals surface area contributed by atoms with Gasteiger partial charge in [0.15, 0.2) is 44.4 Å². The Kier molecular flexibility index (Phi) is 28.1. The highest BCUT2D eigenvalue weighted by atomic mass is 32.1. The lowest BCUT2D eigenvalue weighted by Gasteiger charge is -2.26. The average molecular weight is 1750 g/mol. The molecule has 8 aromatic heterocycles. The van der Waals surface area contributed by atoms with E-state index in [2.05, 4.69) is 72.9 Å². The first kappa shape index (κ1) is 87.3. The van der Waals surface area contributed by atoms with E-state index in [0.29, 0.717) is 85.3 Å². The van der Waals surface area contributed by atoms with Crippen LogP contribution in [0.1, 0.15) is 51.2 Å². The molecule has 6 N–H and O–H groups in total. The minimum Gasteiger partial charge on any atom is -0.493 e. The van der Waals surface area contributed by atoms with E-state index < -0.39 is 0 Å². The lowest BCUT2D eigenvalue weighted by Crippen LogP contribution is -2.42. The molecule has 0 saturated carbocycles. The van der Waals surface area contributed by atoms with E-state index in [9.17, 15) is 19.2 Å². The van der Waals surface area contributed by atoms with E-state index in [4.69, 9.17) is 47.9 Å². The van der Waals surface area contributed by atoms with Gasteiger partial charge >= 0.3 is 0 Å². The highest BCUT2D eigenvalue weighted by Crippen LogP contribution is 2.42. The zero-order chi connectivity index (χ0) is 88.5. The topological polar surface area (TPSA) is 293 Å². The molecule has 2 aliphatic heterocycles. The van der Waals surface area contributed by atoms with Gasteiger partial charge in [0, 0.05) is 189 Å². The molecule has 0 spiro atoms. The quantitative estimate of drug-likeness (QED) is 0.0310. The predicted molar refractivity (Wildman–Crippen MR) is 499 cm³/mol. The molecule has 29 nitrogen and oxygen atoms in total. The summed E-state index contributed by atoms with van der Waals surface area (Å²) < 4.78 is 50.8. The van der Waals surface area contributed by atoms with Crippen LogP contribution in [-0.4, -0.2) is 194 Å². The summed E-state index contributed by atoms with van der Waals surface area (Å²) in [7, 11) is 16.1. The molecule has 31 heteroatoms. The molecule has 0 atom stereocenters. The Labute approximate surface area is 742 Å². The van der Waals surface area contributed by atoms with Crippen molar-refractivity contribution in [1.29, 1.82) is 0 Å². The van der Waals surface area contributed by atoms with Crippen molar-refractivity contribution >= 4 is 96.0 Å². The fourth-order valence-corrected chi connectivity index (χ4v) is 16.8. The Hall–Kier alpha value is -14.6. The number of anilines is 5. The maximum absolute atomic E-state index is 13.2. The third-order valence-electron chi connectivity index (χ3n) is 21.2. The summed E-state index contributed by atoms with van der Waals surface area (Å²) in [4.78, 5) is 82.4. The van der Waals surface area contributed by atoms with Crippen molar-refractivity contribution in [1.82, 2.24) is 58.0 Å². The van der Waals surface area contributed by atoms with Gasteiger partial charge in [0.25, 0.3) is 23.6 Å². The normalized spacial score (nSPS) is 12.6. The van der Waals surface area contributed by atoms with Crippen LogP contribution >= 0.6 is 22.7 Å². The summed E-state index contributed by atoms with van der Waals surface area (Å²) in [6.45, 7) is 10.3. The number of ether oxygens (including phenoxy) is 8. The molecule has 0 aliphatic carbocycles. The molecule has 2 aliphatic rings. The first-order valence-corrected chi connectivity index (χ1v) is 42.5. The number of imidazole rings is 4. The lowest BCUT2D eigenvalue weighted by atomic mass is 10.1. The van der Waals surface area contributed by atoms with E-state index in [1.54, 1.807) is 79.4 Å². The molecular formula is C96H97N17O12S2. The monoisotopic (exact) mass is 1740 g/mol. The van der Waals surface area contributed by atoms with Crippen LogP contribution in [0.5, 0.6) is 46.0 Å². The minimum absolute atomic E-state index is 0.144. The number of amides is 4. The van der Waals surface area contributed by atoms with Crippen molar-refractivity contribution in [3.8, 4) is 91.0 Å². The second kappa shape index (κ2) is 40.8. The largest absolute Gasteiger partial charge is 0.493 e. The molecule has 650 valence electrons. The molecule has 4 amide bonds.